The predicted octanol–water partition coefficient (Wildman–Crippen LogP) is 2.53. The van der Waals surface area contributed by atoms with E-state index in [1.807, 2.05) is 6.07 Å². The van der Waals surface area contributed by atoms with Crippen LogP contribution in [0, 0.1) is 17.2 Å². The predicted molar refractivity (Wildman–Crippen MR) is 135 cm³/mol. The molecule has 35 heavy (non-hydrogen) atoms. The van der Waals surface area contributed by atoms with Crippen molar-refractivity contribution in [3.8, 4) is 6.07 Å². The lowest BCUT2D eigenvalue weighted by Crippen LogP contribution is -2.31. The van der Waals surface area contributed by atoms with E-state index < -0.39 is 21.4 Å². The van der Waals surface area contributed by atoms with E-state index in [2.05, 4.69) is 15.3 Å². The lowest BCUT2D eigenvalue weighted by Gasteiger charge is -2.24. The fraction of sp³-hybridized carbons (Fsp3) is 0.381. The van der Waals surface area contributed by atoms with Gasteiger partial charge in [0.1, 0.15) is 33.1 Å². The van der Waals surface area contributed by atoms with Gasteiger partial charge < -0.3 is 16.8 Å². The highest BCUT2D eigenvalue weighted by atomic mass is 35.5. The van der Waals surface area contributed by atoms with Gasteiger partial charge in [0.2, 0.25) is 5.95 Å². The Hall–Kier alpha value is -3.14. The summed E-state index contributed by atoms with van der Waals surface area (Å²) in [7, 11) is -3.25. The number of benzene rings is 1. The number of rotatable bonds is 8. The van der Waals surface area contributed by atoms with Crippen LogP contribution in [0.4, 0.5) is 17.6 Å². The van der Waals surface area contributed by atoms with E-state index in [4.69, 9.17) is 39.7 Å². The molecule has 1 fully saturated rings. The molecule has 2 aromatic heterocycles. The molecule has 1 saturated carbocycles. The minimum Gasteiger partial charge on any atom is -0.382 e. The van der Waals surface area contributed by atoms with E-state index in [0.29, 0.717) is 5.82 Å². The molecule has 1 atom stereocenters. The van der Waals surface area contributed by atoms with Gasteiger partial charge in [0.05, 0.1) is 32.7 Å². The summed E-state index contributed by atoms with van der Waals surface area (Å²) >= 11 is 12.7. The number of hydrogen-bond acceptors (Lipinski definition) is 10. The third-order valence-electron chi connectivity index (χ3n) is 5.67. The van der Waals surface area contributed by atoms with Crippen molar-refractivity contribution in [3.63, 3.8) is 0 Å². The second-order valence-corrected chi connectivity index (χ2v) is 11.5. The van der Waals surface area contributed by atoms with Crippen molar-refractivity contribution >= 4 is 61.5 Å². The van der Waals surface area contributed by atoms with Gasteiger partial charge in [-0.1, -0.05) is 23.2 Å². The number of halogens is 2. The average Bonchev–Trinajstić information content (AvgIpc) is 3.60. The summed E-state index contributed by atoms with van der Waals surface area (Å²) in [5, 5.41) is 13.3. The van der Waals surface area contributed by atoms with Crippen LogP contribution in [-0.4, -0.2) is 39.9 Å². The van der Waals surface area contributed by atoms with Crippen LogP contribution >= 0.6 is 23.2 Å². The Bertz CT molecular complexity index is 1530. The zero-order chi connectivity index (χ0) is 25.5. The molecule has 3 aromatic rings. The molecule has 2 heterocycles. The first-order valence-electron chi connectivity index (χ1n) is 10.7. The van der Waals surface area contributed by atoms with Gasteiger partial charge in [0.25, 0.3) is 5.56 Å². The first-order valence-corrected chi connectivity index (χ1v) is 13.5. The molecule has 4 rings (SSSR count). The molecule has 1 aliphatic carbocycles. The molecular weight excluding hydrogens is 515 g/mol. The SMILES string of the molecule is CS(=O)(=O)CCCn1c([C@@H](Nc2nc(N)nc(N)c2C#N)C2CC2)nc2c(Cl)ccc(Cl)c2c1=O. The van der Waals surface area contributed by atoms with Crippen molar-refractivity contribution in [1.82, 2.24) is 19.5 Å². The van der Waals surface area contributed by atoms with Crippen molar-refractivity contribution in [1.29, 1.82) is 5.26 Å². The summed E-state index contributed by atoms with van der Waals surface area (Å²) in [4.78, 5) is 26.3. The monoisotopic (exact) mass is 536 g/mol. The normalized spacial score (nSPS) is 14.6. The van der Waals surface area contributed by atoms with Crippen LogP contribution in [0.15, 0.2) is 16.9 Å². The first-order chi connectivity index (χ1) is 16.5. The van der Waals surface area contributed by atoms with E-state index in [0.717, 1.165) is 19.1 Å². The lowest BCUT2D eigenvalue weighted by atomic mass is 10.1. The number of fused-ring (bicyclic) bond motifs is 1. The highest BCUT2D eigenvalue weighted by Gasteiger charge is 2.37. The second kappa shape index (κ2) is 9.49. The molecule has 0 unspecified atom stereocenters. The number of sulfone groups is 1. The number of hydrogen-bond donors (Lipinski definition) is 3. The first kappa shape index (κ1) is 25.0. The quantitative estimate of drug-likeness (QED) is 0.386. The topological polar surface area (TPSA) is 183 Å². The van der Waals surface area contributed by atoms with Crippen LogP contribution in [0.25, 0.3) is 10.9 Å². The van der Waals surface area contributed by atoms with Crippen LogP contribution in [0.1, 0.15) is 36.7 Å². The Balaban J connectivity index is 1.90. The largest absolute Gasteiger partial charge is 0.382 e. The Labute approximate surface area is 211 Å². The third kappa shape index (κ3) is 5.27. The van der Waals surface area contributed by atoms with Crippen LogP contribution in [0.5, 0.6) is 0 Å². The minimum absolute atomic E-state index is 0.0117. The molecule has 0 saturated heterocycles. The summed E-state index contributed by atoms with van der Waals surface area (Å²) in [5.74, 6) is 0.182. The second-order valence-electron chi connectivity index (χ2n) is 8.42. The van der Waals surface area contributed by atoms with Crippen LogP contribution in [0.2, 0.25) is 10.0 Å². The van der Waals surface area contributed by atoms with Gasteiger partial charge in [-0.05, 0) is 37.3 Å². The number of aromatic nitrogens is 4. The molecule has 184 valence electrons. The Morgan fingerprint density at radius 2 is 1.91 bits per heavy atom. The molecule has 5 N–H and O–H groups in total. The molecule has 0 aliphatic heterocycles. The van der Waals surface area contributed by atoms with Crippen molar-refractivity contribution in [3.05, 3.63) is 43.9 Å². The molecule has 1 aliphatic rings. The smallest absolute Gasteiger partial charge is 0.263 e. The zero-order valence-electron chi connectivity index (χ0n) is 18.6. The van der Waals surface area contributed by atoms with Crippen molar-refractivity contribution in [2.45, 2.75) is 31.8 Å². The average molecular weight is 537 g/mol. The fourth-order valence-corrected chi connectivity index (χ4v) is 4.97. The van der Waals surface area contributed by atoms with Gasteiger partial charge >= 0.3 is 0 Å². The van der Waals surface area contributed by atoms with E-state index in [9.17, 15) is 18.5 Å². The molecule has 0 spiro atoms. The van der Waals surface area contributed by atoms with Crippen molar-refractivity contribution in [2.24, 2.45) is 5.92 Å². The van der Waals surface area contributed by atoms with Gasteiger partial charge in [0, 0.05) is 12.8 Å². The minimum atomic E-state index is -3.25. The van der Waals surface area contributed by atoms with Crippen LogP contribution in [0.3, 0.4) is 0 Å². The van der Waals surface area contributed by atoms with Crippen LogP contribution < -0.4 is 22.3 Å². The molecule has 11 nitrogen and oxygen atoms in total. The fourth-order valence-electron chi connectivity index (χ4n) is 3.89. The number of nitrogens with one attached hydrogen (secondary N) is 1. The zero-order valence-corrected chi connectivity index (χ0v) is 21.0. The molecule has 14 heteroatoms. The summed E-state index contributed by atoms with van der Waals surface area (Å²) in [6.45, 7) is 0.0804. The molecule has 0 amide bonds. The van der Waals surface area contributed by atoms with Gasteiger partial charge in [-0.3, -0.25) is 9.36 Å². The standard InChI is InChI=1S/C21H22Cl2N8O3S/c1-35(33,34)8-2-7-31-19(28-16-13(23)6-5-12(22)14(16)20(31)32)15(10-3-4-10)27-18-11(9-24)17(25)29-21(26)30-18/h5-6,10,15H,2-4,7-8H2,1H3,(H5,25,26,27,29,30)/t15-/m0/s1. The number of nitrogens with zero attached hydrogens (tertiary/aromatic N) is 5. The number of anilines is 3. The highest BCUT2D eigenvalue weighted by molar-refractivity contribution is 7.90. The van der Waals surface area contributed by atoms with E-state index in [1.165, 1.54) is 10.6 Å². The van der Waals surface area contributed by atoms with Crippen molar-refractivity contribution in [2.75, 3.05) is 28.8 Å². The summed E-state index contributed by atoms with van der Waals surface area (Å²) in [6.07, 6.45) is 2.98. The van der Waals surface area contributed by atoms with Gasteiger partial charge in [-0.2, -0.15) is 15.2 Å². The highest BCUT2D eigenvalue weighted by Crippen LogP contribution is 2.43. The van der Waals surface area contributed by atoms with Gasteiger partial charge in [-0.15, -0.1) is 0 Å². The molecular formula is C21H22Cl2N8O3S. The maximum Gasteiger partial charge on any atom is 0.263 e. The van der Waals surface area contributed by atoms with E-state index in [-0.39, 0.29) is 68.7 Å². The maximum atomic E-state index is 13.6. The Kier molecular flexibility index (Phi) is 6.77. The van der Waals surface area contributed by atoms with Crippen LogP contribution in [-0.2, 0) is 16.4 Å². The lowest BCUT2D eigenvalue weighted by molar-refractivity contribution is 0.534. The summed E-state index contributed by atoms with van der Waals surface area (Å²) in [6, 6.07) is 4.46. The number of nitriles is 1. The molecule has 1 aromatic carbocycles. The van der Waals surface area contributed by atoms with Gasteiger partial charge in [0.15, 0.2) is 5.82 Å². The summed E-state index contributed by atoms with van der Waals surface area (Å²) in [5.41, 5.74) is 11.4. The van der Waals surface area contributed by atoms with Gasteiger partial charge in [-0.25, -0.2) is 13.4 Å². The number of nitrogens with two attached hydrogens (primary N) is 2. The molecule has 0 bridgehead atoms. The van der Waals surface area contributed by atoms with E-state index in [1.54, 1.807) is 6.07 Å². The van der Waals surface area contributed by atoms with Crippen molar-refractivity contribution < 1.29 is 8.42 Å². The van der Waals surface area contributed by atoms with E-state index >= 15 is 0 Å². The summed E-state index contributed by atoms with van der Waals surface area (Å²) < 4.78 is 24.8. The molecule has 0 radical (unpaired) electrons. The Morgan fingerprint density at radius 1 is 1.23 bits per heavy atom. The Morgan fingerprint density at radius 3 is 2.54 bits per heavy atom. The third-order valence-corrected chi connectivity index (χ3v) is 7.32. The number of nitrogen functional groups attached to an aromatic ring is 2. The maximum absolute atomic E-state index is 13.6.